The molecule has 0 saturated carbocycles. The quantitative estimate of drug-likeness (QED) is 0.348. The number of carbonyl (C=O) groups excluding carboxylic acids is 1. The number of nitro groups is 1. The van der Waals surface area contributed by atoms with Gasteiger partial charge in [-0.1, -0.05) is 18.2 Å². The number of ether oxygens (including phenoxy) is 1. The van der Waals surface area contributed by atoms with Crippen molar-refractivity contribution in [3.05, 3.63) is 86.6 Å². The molecule has 0 saturated heterocycles. The van der Waals surface area contributed by atoms with E-state index in [0.29, 0.717) is 24.5 Å². The molecule has 3 rings (SSSR count). The normalized spacial score (nSPS) is 10.6. The summed E-state index contributed by atoms with van der Waals surface area (Å²) in [6.07, 6.45) is 1.55. The second-order valence-electron chi connectivity index (χ2n) is 6.81. The van der Waals surface area contributed by atoms with Crippen LogP contribution in [0.25, 0.3) is 5.69 Å². The maximum atomic E-state index is 12.7. The van der Waals surface area contributed by atoms with Crippen LogP contribution in [0, 0.1) is 24.0 Å². The summed E-state index contributed by atoms with van der Waals surface area (Å²) in [6, 6.07) is 13.4. The number of aromatic nitrogens is 2. The van der Waals surface area contributed by atoms with E-state index in [2.05, 4.69) is 5.32 Å². The third-order valence-electron chi connectivity index (χ3n) is 4.43. The van der Waals surface area contributed by atoms with Crippen molar-refractivity contribution < 1.29 is 14.5 Å². The fourth-order valence-corrected chi connectivity index (χ4v) is 3.07. The molecule has 0 fully saturated rings. The highest BCUT2D eigenvalue weighted by molar-refractivity contribution is 5.75. The Balaban J connectivity index is 1.61. The van der Waals surface area contributed by atoms with Gasteiger partial charge in [0.2, 0.25) is 5.91 Å². The molecule has 30 heavy (non-hydrogen) atoms. The van der Waals surface area contributed by atoms with Crippen LogP contribution in [0.5, 0.6) is 5.75 Å². The van der Waals surface area contributed by atoms with E-state index in [1.807, 2.05) is 31.2 Å². The van der Waals surface area contributed by atoms with Gasteiger partial charge in [-0.2, -0.15) is 0 Å². The third-order valence-corrected chi connectivity index (χ3v) is 4.43. The summed E-state index contributed by atoms with van der Waals surface area (Å²) in [6.45, 7) is 4.11. The van der Waals surface area contributed by atoms with Crippen LogP contribution in [0.15, 0.2) is 59.5 Å². The molecule has 1 heterocycles. The van der Waals surface area contributed by atoms with Crippen molar-refractivity contribution in [3.63, 3.8) is 0 Å². The van der Waals surface area contributed by atoms with Gasteiger partial charge in [0.25, 0.3) is 5.69 Å². The van der Waals surface area contributed by atoms with Gasteiger partial charge in [0.15, 0.2) is 0 Å². The number of amides is 1. The minimum atomic E-state index is -0.521. The third kappa shape index (κ3) is 4.93. The number of carbonyl (C=O) groups is 1. The Labute approximate surface area is 172 Å². The zero-order valence-corrected chi connectivity index (χ0v) is 16.7. The van der Waals surface area contributed by atoms with E-state index in [1.165, 1.54) is 27.3 Å². The topological polar surface area (TPSA) is 108 Å². The molecule has 1 N–H and O–H groups in total. The molecule has 1 aromatic heterocycles. The van der Waals surface area contributed by atoms with Crippen molar-refractivity contribution in [2.24, 2.45) is 0 Å². The van der Waals surface area contributed by atoms with Gasteiger partial charge in [0.1, 0.15) is 18.9 Å². The van der Waals surface area contributed by atoms with E-state index in [0.717, 1.165) is 11.3 Å². The molecule has 0 aliphatic rings. The number of non-ortho nitro benzene ring substituents is 1. The number of benzene rings is 2. The molecule has 1 amide bonds. The predicted octanol–water partition coefficient (Wildman–Crippen LogP) is 2.36. The van der Waals surface area contributed by atoms with Crippen molar-refractivity contribution in [2.45, 2.75) is 20.4 Å². The van der Waals surface area contributed by atoms with Crippen LogP contribution in [0.1, 0.15) is 11.3 Å². The monoisotopic (exact) mass is 410 g/mol. The lowest BCUT2D eigenvalue weighted by molar-refractivity contribution is -0.384. The Morgan fingerprint density at radius 2 is 1.93 bits per heavy atom. The maximum Gasteiger partial charge on any atom is 0.333 e. The number of hydrogen-bond acceptors (Lipinski definition) is 5. The molecule has 9 nitrogen and oxygen atoms in total. The van der Waals surface area contributed by atoms with Crippen LogP contribution in [0.2, 0.25) is 0 Å². The van der Waals surface area contributed by atoms with Crippen LogP contribution in [-0.2, 0) is 11.3 Å². The molecule has 0 aliphatic heterocycles. The van der Waals surface area contributed by atoms with Crippen LogP contribution in [-0.4, -0.2) is 33.1 Å². The molecule has 156 valence electrons. The van der Waals surface area contributed by atoms with E-state index in [9.17, 15) is 19.7 Å². The number of nitrogens with zero attached hydrogens (tertiary/aromatic N) is 3. The summed E-state index contributed by atoms with van der Waals surface area (Å²) in [5.41, 5.74) is 1.46. The highest BCUT2D eigenvalue weighted by Gasteiger charge is 2.15. The van der Waals surface area contributed by atoms with Crippen LogP contribution < -0.4 is 15.7 Å². The SMILES string of the molecule is Cc1cccc(OCCNC(=O)Cn2cc(C)n(-c3cccc([N+](=O)[O-])c3)c2=O)c1. The van der Waals surface area contributed by atoms with Crippen LogP contribution in [0.4, 0.5) is 5.69 Å². The molecule has 0 bridgehead atoms. The smallest absolute Gasteiger partial charge is 0.333 e. The van der Waals surface area contributed by atoms with Crippen LogP contribution >= 0.6 is 0 Å². The molecule has 9 heteroatoms. The van der Waals surface area contributed by atoms with Crippen molar-refractivity contribution in [2.75, 3.05) is 13.2 Å². The Morgan fingerprint density at radius 3 is 2.67 bits per heavy atom. The zero-order chi connectivity index (χ0) is 21.7. The molecule has 0 aliphatic carbocycles. The number of nitrogens with one attached hydrogen (secondary N) is 1. The average molecular weight is 410 g/mol. The maximum absolute atomic E-state index is 12.7. The lowest BCUT2D eigenvalue weighted by Crippen LogP contribution is -2.34. The first-order valence-electron chi connectivity index (χ1n) is 9.35. The highest BCUT2D eigenvalue weighted by atomic mass is 16.6. The molecule has 3 aromatic rings. The Morgan fingerprint density at radius 1 is 1.17 bits per heavy atom. The van der Waals surface area contributed by atoms with Crippen molar-refractivity contribution in [1.29, 1.82) is 0 Å². The molecule has 2 aromatic carbocycles. The van der Waals surface area contributed by atoms with E-state index in [1.54, 1.807) is 19.2 Å². The van der Waals surface area contributed by atoms with Gasteiger partial charge in [0, 0.05) is 24.0 Å². The van der Waals surface area contributed by atoms with Crippen LogP contribution in [0.3, 0.4) is 0 Å². The molecule has 0 spiro atoms. The molecule has 0 atom stereocenters. The van der Waals surface area contributed by atoms with E-state index < -0.39 is 10.6 Å². The summed E-state index contributed by atoms with van der Waals surface area (Å²) < 4.78 is 8.18. The minimum Gasteiger partial charge on any atom is -0.492 e. The number of imidazole rings is 1. The summed E-state index contributed by atoms with van der Waals surface area (Å²) >= 11 is 0. The highest BCUT2D eigenvalue weighted by Crippen LogP contribution is 2.17. The van der Waals surface area contributed by atoms with Gasteiger partial charge in [-0.15, -0.1) is 0 Å². The van der Waals surface area contributed by atoms with Gasteiger partial charge in [-0.25, -0.2) is 4.79 Å². The fraction of sp³-hybridized carbons (Fsp3) is 0.238. The Kier molecular flexibility index (Phi) is 6.31. The van der Waals surface area contributed by atoms with Crippen molar-refractivity contribution in [3.8, 4) is 11.4 Å². The number of aryl methyl sites for hydroxylation is 2. The number of rotatable bonds is 8. The fourth-order valence-electron chi connectivity index (χ4n) is 3.07. The Hall–Kier alpha value is -3.88. The van der Waals surface area contributed by atoms with Crippen molar-refractivity contribution >= 4 is 11.6 Å². The lowest BCUT2D eigenvalue weighted by Gasteiger charge is -2.08. The molecule has 0 radical (unpaired) electrons. The molecular weight excluding hydrogens is 388 g/mol. The summed E-state index contributed by atoms with van der Waals surface area (Å²) in [5.74, 6) is 0.395. The van der Waals surface area contributed by atoms with Gasteiger partial charge in [-0.3, -0.25) is 24.0 Å². The van der Waals surface area contributed by atoms with E-state index in [4.69, 9.17) is 4.74 Å². The van der Waals surface area contributed by atoms with Gasteiger partial charge in [0.05, 0.1) is 17.2 Å². The first-order valence-corrected chi connectivity index (χ1v) is 9.35. The summed E-state index contributed by atoms with van der Waals surface area (Å²) in [4.78, 5) is 35.4. The Bertz CT molecular complexity index is 1130. The van der Waals surface area contributed by atoms with Gasteiger partial charge in [-0.05, 0) is 37.6 Å². The summed E-state index contributed by atoms with van der Waals surface area (Å²) in [5, 5.41) is 13.7. The first-order chi connectivity index (χ1) is 14.3. The minimum absolute atomic E-state index is 0.113. The first kappa shape index (κ1) is 20.8. The standard InChI is InChI=1S/C21H22N4O5/c1-15-5-3-8-19(11-15)30-10-9-22-20(26)14-23-13-16(2)24(21(23)27)17-6-4-7-18(12-17)25(28)29/h3-8,11-13H,9-10,14H2,1-2H3,(H,22,26). The summed E-state index contributed by atoms with van der Waals surface area (Å²) in [7, 11) is 0. The van der Waals surface area contributed by atoms with Gasteiger partial charge >= 0.3 is 5.69 Å². The number of hydrogen-bond donors (Lipinski definition) is 1. The predicted molar refractivity (Wildman–Crippen MR) is 111 cm³/mol. The zero-order valence-electron chi connectivity index (χ0n) is 16.7. The van der Waals surface area contributed by atoms with Gasteiger partial charge < -0.3 is 10.1 Å². The molecule has 0 unspecified atom stereocenters. The number of nitro benzene ring substituents is 1. The second-order valence-corrected chi connectivity index (χ2v) is 6.81. The largest absolute Gasteiger partial charge is 0.492 e. The van der Waals surface area contributed by atoms with E-state index >= 15 is 0 Å². The van der Waals surface area contributed by atoms with E-state index in [-0.39, 0.29) is 18.1 Å². The molecular formula is C21H22N4O5. The average Bonchev–Trinajstić information content (AvgIpc) is 2.98. The van der Waals surface area contributed by atoms with Crippen molar-refractivity contribution in [1.82, 2.24) is 14.5 Å². The lowest BCUT2D eigenvalue weighted by atomic mass is 10.2. The second kappa shape index (κ2) is 9.08.